The third kappa shape index (κ3) is 2.58. The van der Waals surface area contributed by atoms with Gasteiger partial charge in [-0.2, -0.15) is 0 Å². The van der Waals surface area contributed by atoms with Crippen LogP contribution in [0.3, 0.4) is 0 Å². The molecule has 1 N–H and O–H groups in total. The van der Waals surface area contributed by atoms with E-state index >= 15 is 0 Å². The van der Waals surface area contributed by atoms with Gasteiger partial charge in [-0.05, 0) is 19.3 Å². The minimum Gasteiger partial charge on any atom is -0.369 e. The van der Waals surface area contributed by atoms with Gasteiger partial charge in [-0.25, -0.2) is 4.98 Å². The van der Waals surface area contributed by atoms with Crippen LogP contribution in [0, 0.1) is 0 Å². The van der Waals surface area contributed by atoms with Gasteiger partial charge in [0.15, 0.2) is 0 Å². The van der Waals surface area contributed by atoms with Gasteiger partial charge >= 0.3 is 0 Å². The molecule has 82 valence electrons. The van der Waals surface area contributed by atoms with Crippen LogP contribution >= 0.6 is 0 Å². The van der Waals surface area contributed by atoms with Crippen LogP contribution in [0.2, 0.25) is 0 Å². The molecule has 0 radical (unpaired) electrons. The van der Waals surface area contributed by atoms with Gasteiger partial charge in [0.1, 0.15) is 11.6 Å². The van der Waals surface area contributed by atoms with Gasteiger partial charge in [0.05, 0.1) is 12.4 Å². The summed E-state index contributed by atoms with van der Waals surface area (Å²) < 4.78 is 0. The van der Waals surface area contributed by atoms with E-state index in [1.807, 2.05) is 6.20 Å². The topological polar surface area (TPSA) is 41.1 Å². The molecule has 1 aliphatic heterocycles. The SMILES string of the molecule is CCCNc1cncc(N2CCCC2)n1. The molecule has 2 heterocycles. The quantitative estimate of drug-likeness (QED) is 0.817. The molecule has 0 spiro atoms. The standard InChI is InChI=1S/C11H18N4/c1-2-5-13-10-8-12-9-11(14-10)15-6-3-4-7-15/h8-9H,2-7H2,1H3,(H,13,14). The predicted octanol–water partition coefficient (Wildman–Crippen LogP) is 1.90. The summed E-state index contributed by atoms with van der Waals surface area (Å²) in [5.74, 6) is 1.90. The highest BCUT2D eigenvalue weighted by molar-refractivity contribution is 5.44. The molecule has 4 nitrogen and oxygen atoms in total. The second-order valence-electron chi connectivity index (χ2n) is 3.88. The predicted molar refractivity (Wildman–Crippen MR) is 62.3 cm³/mol. The van der Waals surface area contributed by atoms with Crippen molar-refractivity contribution in [2.45, 2.75) is 26.2 Å². The molecule has 2 rings (SSSR count). The lowest BCUT2D eigenvalue weighted by atomic mass is 10.4. The summed E-state index contributed by atoms with van der Waals surface area (Å²) in [6, 6.07) is 0. The zero-order valence-electron chi connectivity index (χ0n) is 9.24. The van der Waals surface area contributed by atoms with E-state index in [0.717, 1.165) is 37.7 Å². The number of aromatic nitrogens is 2. The normalized spacial score (nSPS) is 15.7. The van der Waals surface area contributed by atoms with Crippen molar-refractivity contribution >= 4 is 11.6 Å². The summed E-state index contributed by atoms with van der Waals surface area (Å²) in [5.41, 5.74) is 0. The van der Waals surface area contributed by atoms with Crippen LogP contribution < -0.4 is 10.2 Å². The lowest BCUT2D eigenvalue weighted by Gasteiger charge is -2.16. The van der Waals surface area contributed by atoms with Gasteiger partial charge < -0.3 is 10.2 Å². The minimum absolute atomic E-state index is 0.890. The van der Waals surface area contributed by atoms with E-state index in [1.54, 1.807) is 6.20 Å². The van der Waals surface area contributed by atoms with Crippen LogP contribution in [0.15, 0.2) is 12.4 Å². The summed E-state index contributed by atoms with van der Waals surface area (Å²) in [4.78, 5) is 11.1. The van der Waals surface area contributed by atoms with Crippen LogP contribution in [-0.4, -0.2) is 29.6 Å². The van der Waals surface area contributed by atoms with Crippen molar-refractivity contribution in [2.75, 3.05) is 29.9 Å². The van der Waals surface area contributed by atoms with Crippen molar-refractivity contribution in [3.05, 3.63) is 12.4 Å². The number of hydrogen-bond donors (Lipinski definition) is 1. The minimum atomic E-state index is 0.890. The van der Waals surface area contributed by atoms with Crippen LogP contribution in [0.4, 0.5) is 11.6 Å². The Morgan fingerprint density at radius 3 is 2.87 bits per heavy atom. The summed E-state index contributed by atoms with van der Waals surface area (Å²) in [6.07, 6.45) is 7.29. The Kier molecular flexibility index (Phi) is 3.37. The zero-order chi connectivity index (χ0) is 10.5. The summed E-state index contributed by atoms with van der Waals surface area (Å²) in [6.45, 7) is 5.33. The van der Waals surface area contributed by atoms with Crippen LogP contribution in [0.25, 0.3) is 0 Å². The van der Waals surface area contributed by atoms with Crippen molar-refractivity contribution < 1.29 is 0 Å². The Bertz CT molecular complexity index is 307. The maximum absolute atomic E-state index is 4.54. The maximum atomic E-state index is 4.54. The fraction of sp³-hybridized carbons (Fsp3) is 0.636. The molecule has 0 atom stereocenters. The third-order valence-electron chi connectivity index (χ3n) is 2.61. The van der Waals surface area contributed by atoms with Gasteiger partial charge in [-0.3, -0.25) is 4.98 Å². The van der Waals surface area contributed by atoms with E-state index in [9.17, 15) is 0 Å². The summed E-state index contributed by atoms with van der Waals surface area (Å²) in [7, 11) is 0. The largest absolute Gasteiger partial charge is 0.369 e. The van der Waals surface area contributed by atoms with Gasteiger partial charge in [0.2, 0.25) is 0 Å². The number of nitrogens with zero attached hydrogens (tertiary/aromatic N) is 3. The van der Waals surface area contributed by atoms with Crippen LogP contribution in [-0.2, 0) is 0 Å². The Morgan fingerprint density at radius 1 is 1.33 bits per heavy atom. The smallest absolute Gasteiger partial charge is 0.149 e. The maximum Gasteiger partial charge on any atom is 0.149 e. The first kappa shape index (κ1) is 10.2. The summed E-state index contributed by atoms with van der Waals surface area (Å²) in [5, 5.41) is 3.26. The van der Waals surface area contributed by atoms with E-state index in [0.29, 0.717) is 0 Å². The van der Waals surface area contributed by atoms with Crippen molar-refractivity contribution in [3.8, 4) is 0 Å². The highest BCUT2D eigenvalue weighted by Gasteiger charge is 2.13. The highest BCUT2D eigenvalue weighted by Crippen LogP contribution is 2.17. The molecule has 1 fully saturated rings. The molecule has 0 amide bonds. The van der Waals surface area contributed by atoms with E-state index in [-0.39, 0.29) is 0 Å². The summed E-state index contributed by atoms with van der Waals surface area (Å²) >= 11 is 0. The Balaban J connectivity index is 2.04. The number of anilines is 2. The number of nitrogens with one attached hydrogen (secondary N) is 1. The van der Waals surface area contributed by atoms with Gasteiger partial charge in [0.25, 0.3) is 0 Å². The Hall–Kier alpha value is -1.32. The van der Waals surface area contributed by atoms with Crippen LogP contribution in [0.5, 0.6) is 0 Å². The molecule has 1 aromatic heterocycles. The Morgan fingerprint density at radius 2 is 2.13 bits per heavy atom. The fourth-order valence-electron chi connectivity index (χ4n) is 1.79. The molecule has 15 heavy (non-hydrogen) atoms. The molecule has 0 aliphatic carbocycles. The molecule has 0 saturated carbocycles. The fourth-order valence-corrected chi connectivity index (χ4v) is 1.79. The second-order valence-corrected chi connectivity index (χ2v) is 3.88. The van der Waals surface area contributed by atoms with Crippen molar-refractivity contribution in [1.29, 1.82) is 0 Å². The molecule has 1 aliphatic rings. The first-order valence-corrected chi connectivity index (χ1v) is 5.71. The lowest BCUT2D eigenvalue weighted by Crippen LogP contribution is -2.19. The highest BCUT2D eigenvalue weighted by atomic mass is 15.2. The van der Waals surface area contributed by atoms with Crippen molar-refractivity contribution in [1.82, 2.24) is 9.97 Å². The number of hydrogen-bond acceptors (Lipinski definition) is 4. The molecular weight excluding hydrogens is 188 g/mol. The van der Waals surface area contributed by atoms with Crippen LogP contribution in [0.1, 0.15) is 26.2 Å². The average Bonchev–Trinajstić information content (AvgIpc) is 2.80. The average molecular weight is 206 g/mol. The number of rotatable bonds is 4. The first-order valence-electron chi connectivity index (χ1n) is 5.71. The van der Waals surface area contributed by atoms with Gasteiger partial charge in [-0.1, -0.05) is 6.92 Å². The first-order chi connectivity index (χ1) is 7.40. The molecule has 0 aromatic carbocycles. The molecule has 0 unspecified atom stereocenters. The molecule has 4 heteroatoms. The zero-order valence-corrected chi connectivity index (χ0v) is 9.24. The van der Waals surface area contributed by atoms with E-state index < -0.39 is 0 Å². The van der Waals surface area contributed by atoms with E-state index in [4.69, 9.17) is 0 Å². The third-order valence-corrected chi connectivity index (χ3v) is 2.61. The van der Waals surface area contributed by atoms with Gasteiger partial charge in [0, 0.05) is 19.6 Å². The van der Waals surface area contributed by atoms with Gasteiger partial charge in [-0.15, -0.1) is 0 Å². The van der Waals surface area contributed by atoms with Crippen molar-refractivity contribution in [3.63, 3.8) is 0 Å². The second kappa shape index (κ2) is 4.96. The Labute approximate surface area is 90.7 Å². The van der Waals surface area contributed by atoms with Crippen molar-refractivity contribution in [2.24, 2.45) is 0 Å². The lowest BCUT2D eigenvalue weighted by molar-refractivity contribution is 0.915. The molecular formula is C11H18N4. The molecule has 1 aromatic rings. The van der Waals surface area contributed by atoms with E-state index in [1.165, 1.54) is 12.8 Å². The molecule has 0 bridgehead atoms. The van der Waals surface area contributed by atoms with E-state index in [2.05, 4.69) is 27.1 Å². The molecule has 1 saturated heterocycles. The monoisotopic (exact) mass is 206 g/mol.